The Hall–Kier alpha value is -1.79. The van der Waals surface area contributed by atoms with E-state index in [4.69, 9.17) is 19.9 Å². The molecule has 2 unspecified atom stereocenters. The van der Waals surface area contributed by atoms with Crippen LogP contribution in [0.25, 0.3) is 0 Å². The summed E-state index contributed by atoms with van der Waals surface area (Å²) in [5.41, 5.74) is 6.62. The number of hydrogen-bond acceptors (Lipinski definition) is 5. The van der Waals surface area contributed by atoms with E-state index in [2.05, 4.69) is 5.32 Å². The molecule has 0 aliphatic carbocycles. The maximum Gasteiger partial charge on any atom is 0.239 e. The number of nitrogens with one attached hydrogen (secondary N) is 1. The lowest BCUT2D eigenvalue weighted by molar-refractivity contribution is -0.124. The van der Waals surface area contributed by atoms with E-state index < -0.39 is 6.04 Å². The van der Waals surface area contributed by atoms with Crippen LogP contribution in [0.3, 0.4) is 0 Å². The van der Waals surface area contributed by atoms with Crippen LogP contribution in [0.2, 0.25) is 0 Å². The summed E-state index contributed by atoms with van der Waals surface area (Å²) in [4.78, 5) is 11.8. The van der Waals surface area contributed by atoms with Crippen LogP contribution >= 0.6 is 0 Å². The highest BCUT2D eigenvalue weighted by atomic mass is 16.6. The Morgan fingerprint density at radius 1 is 1.40 bits per heavy atom. The summed E-state index contributed by atoms with van der Waals surface area (Å²) in [5, 5.41) is 2.85. The minimum atomic E-state index is -0.667. The summed E-state index contributed by atoms with van der Waals surface area (Å²) in [6.45, 7) is 3.18. The highest BCUT2D eigenvalue weighted by Gasteiger charge is 2.18. The molecule has 0 saturated carbocycles. The molecule has 6 heteroatoms. The van der Waals surface area contributed by atoms with Crippen molar-refractivity contribution in [2.24, 2.45) is 5.73 Å². The van der Waals surface area contributed by atoms with Crippen LogP contribution in [-0.2, 0) is 9.53 Å². The predicted octanol–water partition coefficient (Wildman–Crippen LogP) is 0.609. The molecule has 3 N–H and O–H groups in total. The van der Waals surface area contributed by atoms with Gasteiger partial charge in [-0.1, -0.05) is 6.07 Å². The number of hydrogen-bond donors (Lipinski definition) is 2. The molecule has 20 heavy (non-hydrogen) atoms. The fourth-order valence-corrected chi connectivity index (χ4v) is 1.99. The number of amides is 1. The first-order valence-electron chi connectivity index (χ1n) is 6.56. The Balaban J connectivity index is 2.02. The van der Waals surface area contributed by atoms with E-state index in [0.717, 1.165) is 11.3 Å². The van der Waals surface area contributed by atoms with Crippen molar-refractivity contribution in [3.8, 4) is 11.5 Å². The SMILES string of the molecule is COCC(N)C(=O)NC(C)c1ccc2c(c1)OCCO2. The van der Waals surface area contributed by atoms with Crippen LogP contribution < -0.4 is 20.5 Å². The van der Waals surface area contributed by atoms with E-state index in [0.29, 0.717) is 19.0 Å². The van der Waals surface area contributed by atoms with Crippen molar-refractivity contribution in [1.82, 2.24) is 5.32 Å². The first-order valence-corrected chi connectivity index (χ1v) is 6.56. The van der Waals surface area contributed by atoms with Gasteiger partial charge in [0, 0.05) is 7.11 Å². The molecule has 0 saturated heterocycles. The van der Waals surface area contributed by atoms with Crippen molar-refractivity contribution in [2.75, 3.05) is 26.9 Å². The van der Waals surface area contributed by atoms with E-state index in [1.807, 2.05) is 25.1 Å². The average molecular weight is 280 g/mol. The predicted molar refractivity (Wildman–Crippen MR) is 73.8 cm³/mol. The second-order valence-corrected chi connectivity index (χ2v) is 4.70. The first kappa shape index (κ1) is 14.6. The molecule has 0 aromatic heterocycles. The normalized spacial score (nSPS) is 16.4. The smallest absolute Gasteiger partial charge is 0.239 e. The molecule has 1 aromatic rings. The standard InChI is InChI=1S/C14H20N2O4/c1-9(16-14(17)11(15)8-18-2)10-3-4-12-13(7-10)20-6-5-19-12/h3-4,7,9,11H,5-6,8,15H2,1-2H3,(H,16,17). The molecule has 1 aromatic carbocycles. The quantitative estimate of drug-likeness (QED) is 0.825. The molecule has 2 atom stereocenters. The van der Waals surface area contributed by atoms with E-state index >= 15 is 0 Å². The average Bonchev–Trinajstić information content (AvgIpc) is 2.46. The van der Waals surface area contributed by atoms with Gasteiger partial charge in [0.15, 0.2) is 11.5 Å². The molecule has 6 nitrogen and oxygen atoms in total. The third-order valence-electron chi connectivity index (χ3n) is 3.11. The molecule has 110 valence electrons. The van der Waals surface area contributed by atoms with Crippen molar-refractivity contribution >= 4 is 5.91 Å². The molecular formula is C14H20N2O4. The van der Waals surface area contributed by atoms with Crippen LogP contribution in [0.1, 0.15) is 18.5 Å². The zero-order valence-corrected chi connectivity index (χ0v) is 11.7. The second-order valence-electron chi connectivity index (χ2n) is 4.70. The lowest BCUT2D eigenvalue weighted by Gasteiger charge is -2.22. The third-order valence-corrected chi connectivity index (χ3v) is 3.11. The van der Waals surface area contributed by atoms with Crippen molar-refractivity contribution in [3.63, 3.8) is 0 Å². The van der Waals surface area contributed by atoms with E-state index in [1.54, 1.807) is 0 Å². The molecule has 1 aliphatic heterocycles. The summed E-state index contributed by atoms with van der Waals surface area (Å²) in [7, 11) is 1.51. The number of benzene rings is 1. The lowest BCUT2D eigenvalue weighted by atomic mass is 10.1. The fourth-order valence-electron chi connectivity index (χ4n) is 1.99. The zero-order chi connectivity index (χ0) is 14.5. The Kier molecular flexibility index (Phi) is 4.81. The van der Waals surface area contributed by atoms with Gasteiger partial charge in [0.25, 0.3) is 0 Å². The van der Waals surface area contributed by atoms with Crippen molar-refractivity contribution < 1.29 is 19.0 Å². The molecule has 0 spiro atoms. The lowest BCUT2D eigenvalue weighted by Crippen LogP contribution is -2.44. The Labute approximate surface area is 118 Å². The van der Waals surface area contributed by atoms with Gasteiger partial charge in [-0.05, 0) is 24.6 Å². The minimum Gasteiger partial charge on any atom is -0.486 e. The molecular weight excluding hydrogens is 260 g/mol. The molecule has 1 aliphatic rings. The molecule has 1 heterocycles. The van der Waals surface area contributed by atoms with Crippen molar-refractivity contribution in [3.05, 3.63) is 23.8 Å². The molecule has 0 bridgehead atoms. The van der Waals surface area contributed by atoms with Crippen LogP contribution in [0.15, 0.2) is 18.2 Å². The maximum atomic E-state index is 11.8. The summed E-state index contributed by atoms with van der Waals surface area (Å²) in [5.74, 6) is 1.19. The first-order chi connectivity index (χ1) is 9.61. The summed E-state index contributed by atoms with van der Waals surface area (Å²) >= 11 is 0. The second kappa shape index (κ2) is 6.58. The topological polar surface area (TPSA) is 82.8 Å². The Morgan fingerprint density at radius 3 is 2.80 bits per heavy atom. The maximum absolute atomic E-state index is 11.8. The van der Waals surface area contributed by atoms with Gasteiger partial charge in [-0.25, -0.2) is 0 Å². The number of carbonyl (C=O) groups excluding carboxylic acids is 1. The Morgan fingerprint density at radius 2 is 2.10 bits per heavy atom. The summed E-state index contributed by atoms with van der Waals surface area (Å²) in [6.07, 6.45) is 0. The highest BCUT2D eigenvalue weighted by Crippen LogP contribution is 2.32. The van der Waals surface area contributed by atoms with Crippen molar-refractivity contribution in [1.29, 1.82) is 0 Å². The minimum absolute atomic E-state index is 0.166. The molecule has 0 radical (unpaired) electrons. The molecule has 1 amide bonds. The van der Waals surface area contributed by atoms with Gasteiger partial charge in [0.2, 0.25) is 5.91 Å². The monoisotopic (exact) mass is 280 g/mol. The number of ether oxygens (including phenoxy) is 3. The van der Waals surface area contributed by atoms with Gasteiger partial charge in [0.05, 0.1) is 12.6 Å². The van der Waals surface area contributed by atoms with Gasteiger partial charge >= 0.3 is 0 Å². The van der Waals surface area contributed by atoms with Crippen LogP contribution in [0.4, 0.5) is 0 Å². The number of carbonyl (C=O) groups is 1. The van der Waals surface area contributed by atoms with Crippen LogP contribution in [-0.4, -0.2) is 38.9 Å². The van der Waals surface area contributed by atoms with Crippen molar-refractivity contribution in [2.45, 2.75) is 19.0 Å². The number of nitrogens with two attached hydrogens (primary N) is 1. The van der Waals surface area contributed by atoms with Gasteiger partial charge in [0.1, 0.15) is 19.3 Å². The van der Waals surface area contributed by atoms with Gasteiger partial charge in [-0.3, -0.25) is 4.79 Å². The van der Waals surface area contributed by atoms with Gasteiger partial charge in [-0.15, -0.1) is 0 Å². The van der Waals surface area contributed by atoms with Gasteiger partial charge < -0.3 is 25.3 Å². The highest BCUT2D eigenvalue weighted by molar-refractivity contribution is 5.82. The van der Waals surface area contributed by atoms with Gasteiger partial charge in [-0.2, -0.15) is 0 Å². The largest absolute Gasteiger partial charge is 0.486 e. The van der Waals surface area contributed by atoms with Crippen LogP contribution in [0, 0.1) is 0 Å². The third kappa shape index (κ3) is 3.40. The Bertz CT molecular complexity index is 478. The number of methoxy groups -OCH3 is 1. The fraction of sp³-hybridized carbons (Fsp3) is 0.500. The van der Waals surface area contributed by atoms with E-state index in [1.165, 1.54) is 7.11 Å². The molecule has 0 fully saturated rings. The van der Waals surface area contributed by atoms with E-state index in [-0.39, 0.29) is 18.6 Å². The number of rotatable bonds is 5. The molecule has 2 rings (SSSR count). The van der Waals surface area contributed by atoms with Crippen LogP contribution in [0.5, 0.6) is 11.5 Å². The number of fused-ring (bicyclic) bond motifs is 1. The summed E-state index contributed by atoms with van der Waals surface area (Å²) < 4.78 is 15.8. The summed E-state index contributed by atoms with van der Waals surface area (Å²) in [6, 6.07) is 4.80. The van der Waals surface area contributed by atoms with E-state index in [9.17, 15) is 4.79 Å². The zero-order valence-electron chi connectivity index (χ0n) is 11.7.